The second-order valence-corrected chi connectivity index (χ2v) is 6.31. The summed E-state index contributed by atoms with van der Waals surface area (Å²) in [5.74, 6) is -2.99. The van der Waals surface area contributed by atoms with Gasteiger partial charge in [0.1, 0.15) is 18.2 Å². The van der Waals surface area contributed by atoms with Crippen molar-refractivity contribution in [3.8, 4) is 0 Å². The van der Waals surface area contributed by atoms with Crippen molar-refractivity contribution < 1.29 is 23.1 Å². The molecule has 150 valence electrons. The normalized spacial score (nSPS) is 11.8. The molecule has 3 aromatic rings. The highest BCUT2D eigenvalue weighted by Crippen LogP contribution is 2.17. The van der Waals surface area contributed by atoms with Gasteiger partial charge >= 0.3 is 5.97 Å². The van der Waals surface area contributed by atoms with E-state index in [1.807, 2.05) is 0 Å². The first-order valence-electron chi connectivity index (χ1n) is 8.69. The Morgan fingerprint density at radius 2 is 1.97 bits per heavy atom. The Morgan fingerprint density at radius 1 is 1.21 bits per heavy atom. The number of rotatable bonds is 6. The average molecular weight is 401 g/mol. The van der Waals surface area contributed by atoms with Gasteiger partial charge in [0, 0.05) is 11.6 Å². The van der Waals surface area contributed by atoms with Gasteiger partial charge in [-0.25, -0.2) is 13.8 Å². The van der Waals surface area contributed by atoms with Crippen LogP contribution in [0.4, 0.5) is 8.78 Å². The van der Waals surface area contributed by atoms with E-state index in [9.17, 15) is 23.2 Å². The Bertz CT molecular complexity index is 1130. The second kappa shape index (κ2) is 8.59. The van der Waals surface area contributed by atoms with Crippen LogP contribution in [0.15, 0.2) is 53.6 Å². The number of amides is 1. The zero-order valence-corrected chi connectivity index (χ0v) is 15.4. The minimum Gasteiger partial charge on any atom is -0.454 e. The van der Waals surface area contributed by atoms with Gasteiger partial charge in [0.05, 0.1) is 23.3 Å². The van der Waals surface area contributed by atoms with Gasteiger partial charge in [0.2, 0.25) is 0 Å². The number of esters is 1. The SMILES string of the molecule is C[C@@H](NC(=O)COC(=O)Cn1cnc2ccccc2c1=O)c1ccc(F)cc1F. The van der Waals surface area contributed by atoms with E-state index in [4.69, 9.17) is 4.74 Å². The molecule has 7 nitrogen and oxygen atoms in total. The summed E-state index contributed by atoms with van der Waals surface area (Å²) < 4.78 is 32.7. The third-order valence-corrected chi connectivity index (χ3v) is 4.20. The molecule has 0 radical (unpaired) electrons. The molecule has 0 spiro atoms. The summed E-state index contributed by atoms with van der Waals surface area (Å²) in [5, 5.41) is 2.81. The van der Waals surface area contributed by atoms with E-state index in [0.29, 0.717) is 17.0 Å². The van der Waals surface area contributed by atoms with Crippen LogP contribution in [-0.2, 0) is 20.9 Å². The van der Waals surface area contributed by atoms with Gasteiger partial charge in [-0.05, 0) is 25.1 Å². The highest BCUT2D eigenvalue weighted by atomic mass is 19.1. The number of carbonyl (C=O) groups excluding carboxylic acids is 2. The van der Waals surface area contributed by atoms with Crippen molar-refractivity contribution in [3.05, 3.63) is 76.3 Å². The Balaban J connectivity index is 1.56. The van der Waals surface area contributed by atoms with E-state index in [0.717, 1.165) is 10.6 Å². The molecule has 29 heavy (non-hydrogen) atoms. The van der Waals surface area contributed by atoms with E-state index in [2.05, 4.69) is 10.3 Å². The highest BCUT2D eigenvalue weighted by molar-refractivity contribution is 5.81. The van der Waals surface area contributed by atoms with Crippen LogP contribution in [0.5, 0.6) is 0 Å². The molecule has 2 aromatic carbocycles. The summed E-state index contributed by atoms with van der Waals surface area (Å²) in [6.07, 6.45) is 1.23. The molecule has 0 aliphatic carbocycles. The van der Waals surface area contributed by atoms with Crippen molar-refractivity contribution in [2.24, 2.45) is 0 Å². The van der Waals surface area contributed by atoms with Crippen molar-refractivity contribution in [2.75, 3.05) is 6.61 Å². The van der Waals surface area contributed by atoms with Crippen LogP contribution in [0.3, 0.4) is 0 Å². The molecular weight excluding hydrogens is 384 g/mol. The first kappa shape index (κ1) is 20.1. The number of hydrogen-bond donors (Lipinski definition) is 1. The van der Waals surface area contributed by atoms with E-state index in [1.165, 1.54) is 19.3 Å². The number of para-hydroxylation sites is 1. The fraction of sp³-hybridized carbons (Fsp3) is 0.200. The van der Waals surface area contributed by atoms with Gasteiger partial charge < -0.3 is 10.1 Å². The van der Waals surface area contributed by atoms with Crippen LogP contribution in [0.2, 0.25) is 0 Å². The number of ether oxygens (including phenoxy) is 1. The molecule has 0 fully saturated rings. The molecule has 0 aliphatic heterocycles. The molecule has 1 atom stereocenters. The maximum Gasteiger partial charge on any atom is 0.326 e. The first-order chi connectivity index (χ1) is 13.8. The van der Waals surface area contributed by atoms with Crippen LogP contribution >= 0.6 is 0 Å². The number of hydrogen-bond acceptors (Lipinski definition) is 5. The number of halogens is 2. The topological polar surface area (TPSA) is 90.3 Å². The first-order valence-corrected chi connectivity index (χ1v) is 8.69. The number of nitrogens with zero attached hydrogens (tertiary/aromatic N) is 2. The lowest BCUT2D eigenvalue weighted by molar-refractivity contribution is -0.149. The quantitative estimate of drug-likeness (QED) is 0.639. The molecule has 0 bridgehead atoms. The molecule has 3 rings (SSSR count). The third-order valence-electron chi connectivity index (χ3n) is 4.20. The minimum atomic E-state index is -0.806. The molecular formula is C20H17F2N3O4. The van der Waals surface area contributed by atoms with Crippen LogP contribution in [0.25, 0.3) is 10.9 Å². The second-order valence-electron chi connectivity index (χ2n) is 6.31. The zero-order chi connectivity index (χ0) is 21.0. The van der Waals surface area contributed by atoms with Gasteiger partial charge in [0.25, 0.3) is 11.5 Å². The molecule has 0 saturated carbocycles. The maximum absolute atomic E-state index is 13.7. The monoisotopic (exact) mass is 401 g/mol. The number of benzene rings is 2. The molecule has 9 heteroatoms. The molecule has 1 aromatic heterocycles. The molecule has 0 saturated heterocycles. The van der Waals surface area contributed by atoms with Gasteiger partial charge in [-0.15, -0.1) is 0 Å². The predicted molar refractivity (Wildman–Crippen MR) is 99.9 cm³/mol. The third kappa shape index (κ3) is 4.81. The van der Waals surface area contributed by atoms with Crippen LogP contribution in [-0.4, -0.2) is 28.0 Å². The number of aromatic nitrogens is 2. The molecule has 0 aliphatic rings. The lowest BCUT2D eigenvalue weighted by atomic mass is 10.1. The van der Waals surface area contributed by atoms with E-state index in [-0.39, 0.29) is 5.56 Å². The summed E-state index contributed by atoms with van der Waals surface area (Å²) >= 11 is 0. The lowest BCUT2D eigenvalue weighted by Crippen LogP contribution is -2.33. The maximum atomic E-state index is 13.7. The minimum absolute atomic E-state index is 0.0971. The average Bonchev–Trinajstić information content (AvgIpc) is 2.68. The Labute approximate surface area is 163 Å². The molecule has 1 N–H and O–H groups in total. The van der Waals surface area contributed by atoms with Crippen LogP contribution in [0, 0.1) is 11.6 Å². The summed E-state index contributed by atoms with van der Waals surface area (Å²) in [7, 11) is 0. The molecule has 0 unspecified atom stereocenters. The fourth-order valence-electron chi connectivity index (χ4n) is 2.76. The highest BCUT2D eigenvalue weighted by Gasteiger charge is 2.16. The summed E-state index contributed by atoms with van der Waals surface area (Å²) in [4.78, 5) is 40.3. The van der Waals surface area contributed by atoms with E-state index in [1.54, 1.807) is 24.3 Å². The van der Waals surface area contributed by atoms with E-state index < -0.39 is 48.3 Å². The van der Waals surface area contributed by atoms with Gasteiger partial charge in [-0.2, -0.15) is 0 Å². The Kier molecular flexibility index (Phi) is 5.96. The number of fused-ring (bicyclic) bond motifs is 1. The van der Waals surface area contributed by atoms with Crippen molar-refractivity contribution in [2.45, 2.75) is 19.5 Å². The van der Waals surface area contributed by atoms with Crippen molar-refractivity contribution in [1.29, 1.82) is 0 Å². The van der Waals surface area contributed by atoms with Crippen molar-refractivity contribution in [1.82, 2.24) is 14.9 Å². The lowest BCUT2D eigenvalue weighted by Gasteiger charge is -2.15. The van der Waals surface area contributed by atoms with Gasteiger partial charge in [-0.1, -0.05) is 18.2 Å². The van der Waals surface area contributed by atoms with E-state index >= 15 is 0 Å². The fourth-order valence-corrected chi connectivity index (χ4v) is 2.76. The standard InChI is InChI=1S/C20H17F2N3O4/c1-12(14-7-6-13(21)8-16(14)22)24-18(26)10-29-19(27)9-25-11-23-17-5-3-2-4-15(17)20(25)28/h2-8,11-12H,9-10H2,1H3,(H,24,26)/t12-/m1/s1. The molecule has 1 heterocycles. The number of carbonyl (C=O) groups is 2. The predicted octanol–water partition coefficient (Wildman–Crippen LogP) is 2.10. The van der Waals surface area contributed by atoms with Crippen molar-refractivity contribution >= 4 is 22.8 Å². The van der Waals surface area contributed by atoms with Crippen LogP contribution in [0.1, 0.15) is 18.5 Å². The van der Waals surface area contributed by atoms with Gasteiger partial charge in [0.15, 0.2) is 6.61 Å². The zero-order valence-electron chi connectivity index (χ0n) is 15.4. The van der Waals surface area contributed by atoms with Crippen LogP contribution < -0.4 is 10.9 Å². The smallest absolute Gasteiger partial charge is 0.326 e. The van der Waals surface area contributed by atoms with Crippen molar-refractivity contribution in [3.63, 3.8) is 0 Å². The summed E-state index contributed by atoms with van der Waals surface area (Å²) in [6, 6.07) is 8.96. The number of nitrogens with one attached hydrogen (secondary N) is 1. The van der Waals surface area contributed by atoms with Gasteiger partial charge in [-0.3, -0.25) is 19.0 Å². The Morgan fingerprint density at radius 3 is 2.72 bits per heavy atom. The summed E-state index contributed by atoms with van der Waals surface area (Å²) in [6.45, 7) is 0.490. The Hall–Kier alpha value is -3.62. The largest absolute Gasteiger partial charge is 0.454 e. The molecule has 1 amide bonds. The summed E-state index contributed by atoms with van der Waals surface area (Å²) in [5.41, 5.74) is 0.195.